The Hall–Kier alpha value is -0.410. The minimum atomic E-state index is 0. The van der Waals surface area contributed by atoms with E-state index in [1.165, 1.54) is 0 Å². The van der Waals surface area contributed by atoms with Crippen molar-refractivity contribution in [2.75, 3.05) is 0 Å². The van der Waals surface area contributed by atoms with Crippen molar-refractivity contribution in [2.24, 2.45) is 5.73 Å². The summed E-state index contributed by atoms with van der Waals surface area (Å²) in [5.41, 5.74) is 5.58. The number of aromatic nitrogens is 1. The quantitative estimate of drug-likeness (QED) is 0.500. The van der Waals surface area contributed by atoms with Gasteiger partial charge >= 0.3 is 0 Å². The Bertz CT molecular complexity index is 174. The van der Waals surface area contributed by atoms with E-state index in [1.54, 1.807) is 0 Å². The standard InChI is InChI=1S/C7H11N2.BrH/c1-7(8)9-5-3-2-4-6-9;/h2-7H,8H2,1H3;1H/q+1;/p-1. The van der Waals surface area contributed by atoms with Crippen LogP contribution in [0.4, 0.5) is 0 Å². The monoisotopic (exact) mass is 202 g/mol. The molecule has 0 radical (unpaired) electrons. The smallest absolute Gasteiger partial charge is 0.206 e. The van der Waals surface area contributed by atoms with Crippen LogP contribution in [0.15, 0.2) is 30.6 Å². The normalized spacial score (nSPS) is 11.8. The third-order valence-corrected chi connectivity index (χ3v) is 1.21. The van der Waals surface area contributed by atoms with Crippen molar-refractivity contribution in [3.05, 3.63) is 30.6 Å². The molecule has 0 bridgehead atoms. The molecular formula is C7H11BrN2. The van der Waals surface area contributed by atoms with E-state index < -0.39 is 0 Å². The van der Waals surface area contributed by atoms with Gasteiger partial charge in [-0.15, -0.1) is 0 Å². The average molecular weight is 203 g/mol. The van der Waals surface area contributed by atoms with Gasteiger partial charge in [0.05, 0.1) is 0 Å². The molecule has 2 nitrogen and oxygen atoms in total. The van der Waals surface area contributed by atoms with Gasteiger partial charge in [0.2, 0.25) is 6.17 Å². The van der Waals surface area contributed by atoms with Gasteiger partial charge in [-0.2, -0.15) is 4.57 Å². The fourth-order valence-electron chi connectivity index (χ4n) is 0.683. The van der Waals surface area contributed by atoms with Crippen LogP contribution in [0, 0.1) is 0 Å². The summed E-state index contributed by atoms with van der Waals surface area (Å²) >= 11 is 0. The molecule has 0 saturated heterocycles. The topological polar surface area (TPSA) is 29.9 Å². The Morgan fingerprint density at radius 3 is 2.00 bits per heavy atom. The van der Waals surface area contributed by atoms with Crippen LogP contribution in [0.3, 0.4) is 0 Å². The average Bonchev–Trinajstić information content (AvgIpc) is 1.90. The molecule has 0 aliphatic heterocycles. The number of hydrogen-bond donors (Lipinski definition) is 1. The summed E-state index contributed by atoms with van der Waals surface area (Å²) in [7, 11) is 0. The molecule has 1 aromatic heterocycles. The molecule has 1 aromatic rings. The lowest BCUT2D eigenvalue weighted by Gasteiger charge is -1.96. The second-order valence-electron chi connectivity index (χ2n) is 2.06. The highest BCUT2D eigenvalue weighted by Gasteiger charge is 2.00. The Morgan fingerprint density at radius 1 is 1.20 bits per heavy atom. The van der Waals surface area contributed by atoms with E-state index in [4.69, 9.17) is 5.73 Å². The van der Waals surface area contributed by atoms with Gasteiger partial charge in [0, 0.05) is 19.1 Å². The van der Waals surface area contributed by atoms with E-state index in [1.807, 2.05) is 42.1 Å². The van der Waals surface area contributed by atoms with Gasteiger partial charge in [0.25, 0.3) is 0 Å². The van der Waals surface area contributed by atoms with Crippen LogP contribution in [0.2, 0.25) is 0 Å². The molecule has 1 rings (SSSR count). The molecule has 1 unspecified atom stereocenters. The summed E-state index contributed by atoms with van der Waals surface area (Å²) in [5, 5.41) is 0. The SMILES string of the molecule is CC(N)[n+]1ccccc1.[Br-]. The first-order valence-corrected chi connectivity index (χ1v) is 3.02. The number of rotatable bonds is 1. The van der Waals surface area contributed by atoms with Crippen LogP contribution in [0.5, 0.6) is 0 Å². The maximum atomic E-state index is 5.58. The molecule has 56 valence electrons. The van der Waals surface area contributed by atoms with Crippen molar-refractivity contribution in [1.29, 1.82) is 0 Å². The Balaban J connectivity index is 0.000000810. The lowest BCUT2D eigenvalue weighted by atomic mass is 10.4. The molecule has 1 atom stereocenters. The summed E-state index contributed by atoms with van der Waals surface area (Å²) in [6.45, 7) is 1.94. The molecule has 0 spiro atoms. The molecule has 1 heterocycles. The Kier molecular flexibility index (Phi) is 4.23. The molecule has 2 N–H and O–H groups in total. The predicted molar refractivity (Wildman–Crippen MR) is 35.5 cm³/mol. The zero-order chi connectivity index (χ0) is 6.69. The third-order valence-electron chi connectivity index (χ3n) is 1.21. The van der Waals surface area contributed by atoms with Crippen LogP contribution < -0.4 is 27.3 Å². The summed E-state index contributed by atoms with van der Waals surface area (Å²) in [6, 6.07) is 5.89. The van der Waals surface area contributed by atoms with E-state index in [-0.39, 0.29) is 23.1 Å². The van der Waals surface area contributed by atoms with Crippen LogP contribution in [0.25, 0.3) is 0 Å². The van der Waals surface area contributed by atoms with Gasteiger partial charge in [-0.3, -0.25) is 5.73 Å². The molecular weight excluding hydrogens is 192 g/mol. The lowest BCUT2D eigenvalue weighted by Crippen LogP contribution is -3.00. The van der Waals surface area contributed by atoms with Gasteiger partial charge in [-0.05, 0) is 0 Å². The number of nitrogens with two attached hydrogens (primary N) is 1. The first kappa shape index (κ1) is 9.59. The van der Waals surface area contributed by atoms with Crippen molar-refractivity contribution in [2.45, 2.75) is 13.1 Å². The lowest BCUT2D eigenvalue weighted by molar-refractivity contribution is -0.719. The van der Waals surface area contributed by atoms with Crippen LogP contribution in [-0.4, -0.2) is 0 Å². The zero-order valence-corrected chi connectivity index (χ0v) is 7.45. The first-order valence-electron chi connectivity index (χ1n) is 3.02. The fourth-order valence-corrected chi connectivity index (χ4v) is 0.683. The highest BCUT2D eigenvalue weighted by Crippen LogP contribution is 1.81. The van der Waals surface area contributed by atoms with E-state index >= 15 is 0 Å². The summed E-state index contributed by atoms with van der Waals surface area (Å²) < 4.78 is 1.94. The predicted octanol–water partition coefficient (Wildman–Crippen LogP) is -2.54. The molecule has 0 amide bonds. The molecule has 0 aliphatic rings. The van der Waals surface area contributed by atoms with Gasteiger partial charge in [-0.1, -0.05) is 6.07 Å². The van der Waals surface area contributed by atoms with Gasteiger partial charge in [0.15, 0.2) is 12.4 Å². The number of nitrogens with zero attached hydrogens (tertiary/aromatic N) is 1. The van der Waals surface area contributed by atoms with Crippen LogP contribution in [-0.2, 0) is 0 Å². The minimum absolute atomic E-state index is 0. The maximum Gasteiger partial charge on any atom is 0.206 e. The van der Waals surface area contributed by atoms with Gasteiger partial charge in [-0.25, -0.2) is 0 Å². The Labute approximate surface area is 71.4 Å². The first-order chi connectivity index (χ1) is 4.30. The van der Waals surface area contributed by atoms with Crippen molar-refractivity contribution in [1.82, 2.24) is 0 Å². The summed E-state index contributed by atoms with van der Waals surface area (Å²) in [5.74, 6) is 0. The minimum Gasteiger partial charge on any atom is -1.00 e. The zero-order valence-electron chi connectivity index (χ0n) is 5.87. The molecule has 0 aromatic carbocycles. The second-order valence-corrected chi connectivity index (χ2v) is 2.06. The third kappa shape index (κ3) is 2.45. The van der Waals surface area contributed by atoms with Crippen LogP contribution in [0.1, 0.15) is 13.1 Å². The van der Waals surface area contributed by atoms with Crippen molar-refractivity contribution in [3.63, 3.8) is 0 Å². The van der Waals surface area contributed by atoms with Crippen molar-refractivity contribution < 1.29 is 21.5 Å². The van der Waals surface area contributed by atoms with Gasteiger partial charge in [0.1, 0.15) is 0 Å². The van der Waals surface area contributed by atoms with Gasteiger partial charge < -0.3 is 17.0 Å². The van der Waals surface area contributed by atoms with E-state index in [2.05, 4.69) is 0 Å². The second kappa shape index (κ2) is 4.41. The van der Waals surface area contributed by atoms with E-state index in [9.17, 15) is 0 Å². The molecule has 0 fully saturated rings. The van der Waals surface area contributed by atoms with Crippen LogP contribution >= 0.6 is 0 Å². The fraction of sp³-hybridized carbons (Fsp3) is 0.286. The van der Waals surface area contributed by atoms with Crippen molar-refractivity contribution in [3.8, 4) is 0 Å². The number of halogens is 1. The maximum absolute atomic E-state index is 5.58. The summed E-state index contributed by atoms with van der Waals surface area (Å²) in [6.07, 6.45) is 3.97. The molecule has 0 saturated carbocycles. The molecule has 3 heteroatoms. The van der Waals surface area contributed by atoms with E-state index in [0.29, 0.717) is 0 Å². The number of hydrogen-bond acceptors (Lipinski definition) is 1. The van der Waals surface area contributed by atoms with E-state index in [0.717, 1.165) is 0 Å². The highest BCUT2D eigenvalue weighted by atomic mass is 79.9. The summed E-state index contributed by atoms with van der Waals surface area (Å²) in [4.78, 5) is 0. The number of pyridine rings is 1. The highest BCUT2D eigenvalue weighted by molar-refractivity contribution is 4.83. The molecule has 10 heavy (non-hydrogen) atoms. The molecule has 0 aliphatic carbocycles. The Morgan fingerprint density at radius 2 is 1.70 bits per heavy atom. The largest absolute Gasteiger partial charge is 1.00 e. The van der Waals surface area contributed by atoms with Crippen molar-refractivity contribution >= 4 is 0 Å².